The minimum Gasteiger partial charge on any atom is -0.497 e. The van der Waals surface area contributed by atoms with Gasteiger partial charge in [-0.15, -0.1) is 0 Å². The van der Waals surface area contributed by atoms with Crippen LogP contribution in [0.3, 0.4) is 0 Å². The van der Waals surface area contributed by atoms with E-state index in [-0.39, 0.29) is 5.41 Å². The Bertz CT molecular complexity index is 621. The number of rotatable bonds is 4. The molecule has 1 aliphatic rings. The second-order valence-corrected chi connectivity index (χ2v) is 6.16. The van der Waals surface area contributed by atoms with Gasteiger partial charge in [-0.25, -0.2) is 4.98 Å². The molecule has 1 atom stereocenters. The number of aromatic nitrogens is 2. The maximum atomic E-state index is 5.33. The van der Waals surface area contributed by atoms with Crippen molar-refractivity contribution in [2.75, 3.05) is 20.2 Å². The minimum absolute atomic E-state index is 0.175. The quantitative estimate of drug-likeness (QED) is 0.939. The number of ether oxygens (including phenoxy) is 1. The molecular formula is C17H25N3O. The highest BCUT2D eigenvalue weighted by Gasteiger charge is 2.37. The van der Waals surface area contributed by atoms with Crippen LogP contribution in [0.25, 0.3) is 11.0 Å². The van der Waals surface area contributed by atoms with E-state index in [0.717, 1.165) is 24.4 Å². The Hall–Kier alpha value is -1.55. The molecule has 1 saturated heterocycles. The molecule has 0 aliphatic carbocycles. The number of fused-ring (bicyclic) bond motifs is 1. The van der Waals surface area contributed by atoms with Crippen LogP contribution in [0.4, 0.5) is 0 Å². The Labute approximate surface area is 126 Å². The molecular weight excluding hydrogens is 262 g/mol. The van der Waals surface area contributed by atoms with Crippen molar-refractivity contribution in [3.63, 3.8) is 0 Å². The lowest BCUT2D eigenvalue weighted by molar-refractivity contribution is 0.271. The van der Waals surface area contributed by atoms with E-state index in [1.807, 2.05) is 12.1 Å². The molecule has 4 heteroatoms. The highest BCUT2D eigenvalue weighted by Crippen LogP contribution is 2.36. The summed E-state index contributed by atoms with van der Waals surface area (Å²) in [5, 5.41) is 3.58. The van der Waals surface area contributed by atoms with Crippen LogP contribution in [0.1, 0.15) is 38.4 Å². The molecule has 1 unspecified atom stereocenters. The van der Waals surface area contributed by atoms with Crippen LogP contribution in [0, 0.1) is 0 Å². The third-order valence-corrected chi connectivity index (χ3v) is 4.76. The maximum absolute atomic E-state index is 5.33. The van der Waals surface area contributed by atoms with Gasteiger partial charge in [-0.1, -0.05) is 13.3 Å². The first-order valence-corrected chi connectivity index (χ1v) is 7.92. The van der Waals surface area contributed by atoms with Crippen molar-refractivity contribution in [1.82, 2.24) is 14.9 Å². The molecule has 2 heterocycles. The lowest BCUT2D eigenvalue weighted by Gasteiger charge is -2.37. The van der Waals surface area contributed by atoms with Gasteiger partial charge in [0, 0.05) is 25.1 Å². The predicted molar refractivity (Wildman–Crippen MR) is 86.0 cm³/mol. The van der Waals surface area contributed by atoms with Gasteiger partial charge in [0.15, 0.2) is 0 Å². The van der Waals surface area contributed by atoms with Crippen molar-refractivity contribution in [1.29, 1.82) is 0 Å². The van der Waals surface area contributed by atoms with Gasteiger partial charge in [-0.05, 0) is 37.9 Å². The summed E-state index contributed by atoms with van der Waals surface area (Å²) in [4.78, 5) is 4.98. The zero-order valence-corrected chi connectivity index (χ0v) is 13.3. The van der Waals surface area contributed by atoms with E-state index in [9.17, 15) is 0 Å². The van der Waals surface area contributed by atoms with Crippen LogP contribution in [0.2, 0.25) is 0 Å². The third-order valence-electron chi connectivity index (χ3n) is 4.76. The lowest BCUT2D eigenvalue weighted by Crippen LogP contribution is -2.44. The van der Waals surface area contributed by atoms with Crippen LogP contribution in [0.15, 0.2) is 18.2 Å². The first-order chi connectivity index (χ1) is 10.2. The Balaban J connectivity index is 2.11. The third kappa shape index (κ3) is 2.42. The molecule has 3 rings (SSSR count). The summed E-state index contributed by atoms with van der Waals surface area (Å²) >= 11 is 0. The molecule has 1 fully saturated rings. The summed E-state index contributed by atoms with van der Waals surface area (Å²) in [5.41, 5.74) is 2.40. The first kappa shape index (κ1) is 14.4. The number of nitrogens with zero attached hydrogens (tertiary/aromatic N) is 2. The van der Waals surface area contributed by atoms with Gasteiger partial charge >= 0.3 is 0 Å². The van der Waals surface area contributed by atoms with E-state index in [1.165, 1.54) is 37.0 Å². The molecule has 1 aromatic carbocycles. The van der Waals surface area contributed by atoms with Crippen molar-refractivity contribution in [2.45, 2.75) is 38.0 Å². The molecule has 1 aromatic heterocycles. The van der Waals surface area contributed by atoms with E-state index < -0.39 is 0 Å². The molecule has 114 valence electrons. The number of piperidine rings is 1. The normalized spacial score (nSPS) is 22.6. The second kappa shape index (κ2) is 5.68. The summed E-state index contributed by atoms with van der Waals surface area (Å²) in [6.07, 6.45) is 4.83. The van der Waals surface area contributed by atoms with Crippen molar-refractivity contribution >= 4 is 11.0 Å². The van der Waals surface area contributed by atoms with Crippen molar-refractivity contribution in [3.05, 3.63) is 24.0 Å². The highest BCUT2D eigenvalue weighted by atomic mass is 16.5. The fourth-order valence-corrected chi connectivity index (χ4v) is 3.74. The Morgan fingerprint density at radius 2 is 2.29 bits per heavy atom. The molecule has 4 nitrogen and oxygen atoms in total. The minimum atomic E-state index is 0.175. The number of aryl methyl sites for hydroxylation is 1. The average molecular weight is 287 g/mol. The number of methoxy groups -OCH3 is 1. The Morgan fingerprint density at radius 3 is 2.95 bits per heavy atom. The number of imidazole rings is 1. The van der Waals surface area contributed by atoms with E-state index in [0.29, 0.717) is 0 Å². The van der Waals surface area contributed by atoms with Crippen molar-refractivity contribution in [3.8, 4) is 5.75 Å². The summed E-state index contributed by atoms with van der Waals surface area (Å²) < 4.78 is 7.60. The van der Waals surface area contributed by atoms with Gasteiger partial charge in [0.25, 0.3) is 0 Å². The topological polar surface area (TPSA) is 39.1 Å². The number of hydrogen-bond acceptors (Lipinski definition) is 3. The monoisotopic (exact) mass is 287 g/mol. The molecule has 0 radical (unpaired) electrons. The van der Waals surface area contributed by atoms with Gasteiger partial charge in [-0.3, -0.25) is 0 Å². The zero-order chi connectivity index (χ0) is 14.9. The van der Waals surface area contributed by atoms with Gasteiger partial charge in [-0.2, -0.15) is 0 Å². The van der Waals surface area contributed by atoms with E-state index in [4.69, 9.17) is 9.72 Å². The summed E-state index contributed by atoms with van der Waals surface area (Å²) in [6, 6.07) is 6.16. The average Bonchev–Trinajstić information content (AvgIpc) is 2.85. The van der Waals surface area contributed by atoms with Crippen molar-refractivity contribution < 1.29 is 4.74 Å². The van der Waals surface area contributed by atoms with Crippen LogP contribution in [-0.4, -0.2) is 29.8 Å². The smallest absolute Gasteiger partial charge is 0.121 e. The van der Waals surface area contributed by atoms with E-state index >= 15 is 0 Å². The molecule has 1 N–H and O–H groups in total. The zero-order valence-electron chi connectivity index (χ0n) is 13.3. The fraction of sp³-hybridized carbons (Fsp3) is 0.588. The fourth-order valence-electron chi connectivity index (χ4n) is 3.74. The summed E-state index contributed by atoms with van der Waals surface area (Å²) in [6.45, 7) is 4.43. The number of benzene rings is 1. The molecule has 0 bridgehead atoms. The first-order valence-electron chi connectivity index (χ1n) is 7.92. The highest BCUT2D eigenvalue weighted by molar-refractivity contribution is 5.78. The number of nitrogens with one attached hydrogen (secondary N) is 1. The van der Waals surface area contributed by atoms with Crippen LogP contribution < -0.4 is 10.1 Å². The van der Waals surface area contributed by atoms with Gasteiger partial charge in [0.05, 0.1) is 18.1 Å². The Morgan fingerprint density at radius 1 is 1.43 bits per heavy atom. The van der Waals surface area contributed by atoms with Crippen molar-refractivity contribution in [2.24, 2.45) is 7.05 Å². The standard InChI is InChI=1S/C17H25N3O/c1-4-8-17(9-5-10-18-12-17)16-19-14-11-13(21-3)6-7-15(14)20(16)2/h6-7,11,18H,4-5,8-10,12H2,1-3H3. The van der Waals surface area contributed by atoms with Crippen LogP contribution in [-0.2, 0) is 12.5 Å². The largest absolute Gasteiger partial charge is 0.497 e. The maximum Gasteiger partial charge on any atom is 0.121 e. The lowest BCUT2D eigenvalue weighted by atomic mass is 9.76. The molecule has 2 aromatic rings. The van der Waals surface area contributed by atoms with Gasteiger partial charge in [0.2, 0.25) is 0 Å². The molecule has 1 aliphatic heterocycles. The number of hydrogen-bond donors (Lipinski definition) is 1. The molecule has 0 saturated carbocycles. The summed E-state index contributed by atoms with van der Waals surface area (Å²) in [7, 11) is 3.85. The molecule has 0 spiro atoms. The predicted octanol–water partition coefficient (Wildman–Crippen LogP) is 3.00. The van der Waals surface area contributed by atoms with Gasteiger partial charge in [0.1, 0.15) is 11.6 Å². The van der Waals surface area contributed by atoms with E-state index in [1.54, 1.807) is 7.11 Å². The second-order valence-electron chi connectivity index (χ2n) is 6.16. The van der Waals surface area contributed by atoms with Crippen LogP contribution in [0.5, 0.6) is 5.75 Å². The summed E-state index contributed by atoms with van der Waals surface area (Å²) in [5.74, 6) is 2.10. The SMILES string of the molecule is CCCC1(c2nc3cc(OC)ccc3n2C)CCCNC1. The van der Waals surface area contributed by atoms with Crippen LogP contribution >= 0.6 is 0 Å². The molecule has 21 heavy (non-hydrogen) atoms. The van der Waals surface area contributed by atoms with E-state index in [2.05, 4.69) is 29.9 Å². The van der Waals surface area contributed by atoms with Gasteiger partial charge < -0.3 is 14.6 Å². The molecule has 0 amide bonds. The Kier molecular flexibility index (Phi) is 3.89.